The highest BCUT2D eigenvalue weighted by Gasteiger charge is 2.26. The molecule has 0 aliphatic carbocycles. The Morgan fingerprint density at radius 3 is 3.07 bits per heavy atom. The van der Waals surface area contributed by atoms with Gasteiger partial charge in [0.2, 0.25) is 5.78 Å². The van der Waals surface area contributed by atoms with Gasteiger partial charge >= 0.3 is 0 Å². The molecular formula is C9H13N3O2S. The lowest BCUT2D eigenvalue weighted by atomic mass is 10.3. The molecule has 1 atom stereocenters. The maximum atomic E-state index is 11.0. The number of carbonyl (C=O) groups excluding carboxylic acids is 1. The van der Waals surface area contributed by atoms with Gasteiger partial charge in [-0.1, -0.05) is 5.16 Å². The number of nitrogens with zero attached hydrogens (tertiary/aromatic N) is 3. The molecule has 0 aromatic carbocycles. The molecule has 1 aromatic heterocycles. The Kier molecular flexibility index (Phi) is 3.06. The van der Waals surface area contributed by atoms with E-state index >= 15 is 0 Å². The van der Waals surface area contributed by atoms with Crippen LogP contribution in [-0.4, -0.2) is 45.9 Å². The lowest BCUT2D eigenvalue weighted by Crippen LogP contribution is -2.33. The molecule has 82 valence electrons. The lowest BCUT2D eigenvalue weighted by molar-refractivity contribution is 0.0972. The van der Waals surface area contributed by atoms with Gasteiger partial charge in [0.05, 0.1) is 6.04 Å². The fraction of sp³-hybridized carbons (Fsp3) is 0.667. The first kappa shape index (κ1) is 10.6. The number of ketones is 1. The minimum Gasteiger partial charge on any atom is -0.331 e. The summed E-state index contributed by atoms with van der Waals surface area (Å²) in [5, 5.41) is 3.85. The van der Waals surface area contributed by atoms with Crippen LogP contribution in [0.3, 0.4) is 0 Å². The quantitative estimate of drug-likeness (QED) is 0.702. The Bertz CT molecular complexity index is 366. The molecule has 0 N–H and O–H groups in total. The van der Waals surface area contributed by atoms with Crippen molar-refractivity contribution >= 4 is 17.5 Å². The first-order chi connectivity index (χ1) is 7.18. The van der Waals surface area contributed by atoms with Crippen LogP contribution in [0.5, 0.6) is 0 Å². The number of aromatic nitrogens is 2. The molecule has 2 rings (SSSR count). The summed E-state index contributed by atoms with van der Waals surface area (Å²) >= 11 is 1.87. The number of hydrogen-bond donors (Lipinski definition) is 0. The molecule has 1 aliphatic heterocycles. The summed E-state index contributed by atoms with van der Waals surface area (Å²) in [6.45, 7) is 2.44. The van der Waals surface area contributed by atoms with Crippen molar-refractivity contribution in [2.24, 2.45) is 0 Å². The Morgan fingerprint density at radius 1 is 1.67 bits per heavy atom. The van der Waals surface area contributed by atoms with Crippen LogP contribution in [0.25, 0.3) is 0 Å². The lowest BCUT2D eigenvalue weighted by Gasteiger charge is -2.29. The van der Waals surface area contributed by atoms with Crippen LogP contribution in [0.1, 0.15) is 29.5 Å². The summed E-state index contributed by atoms with van der Waals surface area (Å²) in [6.07, 6.45) is 0. The zero-order chi connectivity index (χ0) is 10.8. The predicted molar refractivity (Wildman–Crippen MR) is 57.0 cm³/mol. The molecule has 0 amide bonds. The van der Waals surface area contributed by atoms with Gasteiger partial charge in [-0.3, -0.25) is 9.69 Å². The largest absolute Gasteiger partial charge is 0.331 e. The van der Waals surface area contributed by atoms with Crippen molar-refractivity contribution in [3.63, 3.8) is 0 Å². The highest BCUT2D eigenvalue weighted by molar-refractivity contribution is 7.99. The summed E-state index contributed by atoms with van der Waals surface area (Å²) in [4.78, 5) is 17.3. The molecule has 5 nitrogen and oxygen atoms in total. The van der Waals surface area contributed by atoms with Gasteiger partial charge in [-0.15, -0.1) is 0 Å². The SMILES string of the molecule is CC(=O)c1nc(C2CSCCN2C)no1. The normalized spacial score (nSPS) is 22.9. The Hall–Kier alpha value is -0.880. The highest BCUT2D eigenvalue weighted by Crippen LogP contribution is 2.26. The Morgan fingerprint density at radius 2 is 2.47 bits per heavy atom. The van der Waals surface area contributed by atoms with Gasteiger partial charge in [0.15, 0.2) is 5.82 Å². The van der Waals surface area contributed by atoms with Crippen molar-refractivity contribution in [3.8, 4) is 0 Å². The molecule has 1 aliphatic rings. The van der Waals surface area contributed by atoms with Crippen molar-refractivity contribution in [1.82, 2.24) is 15.0 Å². The first-order valence-electron chi connectivity index (χ1n) is 4.81. The smallest absolute Gasteiger partial charge is 0.293 e. The number of rotatable bonds is 2. The van der Waals surface area contributed by atoms with E-state index in [1.165, 1.54) is 6.92 Å². The van der Waals surface area contributed by atoms with Crippen molar-refractivity contribution < 1.29 is 9.32 Å². The minimum absolute atomic E-state index is 0.106. The third kappa shape index (κ3) is 2.21. The van der Waals surface area contributed by atoms with E-state index in [-0.39, 0.29) is 17.7 Å². The second-order valence-electron chi connectivity index (χ2n) is 3.59. The molecule has 1 fully saturated rings. The predicted octanol–water partition coefficient (Wildman–Crippen LogP) is 0.992. The van der Waals surface area contributed by atoms with Crippen molar-refractivity contribution in [1.29, 1.82) is 0 Å². The van der Waals surface area contributed by atoms with Crippen LogP contribution in [0, 0.1) is 0 Å². The molecule has 1 unspecified atom stereocenters. The van der Waals surface area contributed by atoms with Crippen molar-refractivity contribution in [2.45, 2.75) is 13.0 Å². The summed E-state index contributed by atoms with van der Waals surface area (Å²) in [7, 11) is 2.04. The van der Waals surface area contributed by atoms with Crippen LogP contribution in [0.15, 0.2) is 4.52 Å². The van der Waals surface area contributed by atoms with E-state index in [1.807, 2.05) is 18.8 Å². The highest BCUT2D eigenvalue weighted by atomic mass is 32.2. The number of Topliss-reactive ketones (excluding diaryl/α,β-unsaturated/α-hetero) is 1. The standard InChI is InChI=1S/C9H13N3O2S/c1-6(13)9-10-8(11-14-9)7-5-15-4-3-12(7)2/h7H,3-5H2,1-2H3. The summed E-state index contributed by atoms with van der Waals surface area (Å²) in [5.74, 6) is 2.63. The third-order valence-corrected chi connectivity index (χ3v) is 3.46. The van der Waals surface area contributed by atoms with Gasteiger partial charge in [0.1, 0.15) is 0 Å². The zero-order valence-corrected chi connectivity index (χ0v) is 9.58. The molecule has 6 heteroatoms. The zero-order valence-electron chi connectivity index (χ0n) is 8.77. The Balaban J connectivity index is 2.17. The summed E-state index contributed by atoms with van der Waals surface area (Å²) in [5.41, 5.74) is 0. The maximum Gasteiger partial charge on any atom is 0.293 e. The van der Waals surface area contributed by atoms with Gasteiger partial charge in [0, 0.05) is 25.0 Å². The second kappa shape index (κ2) is 4.32. The molecule has 0 bridgehead atoms. The topological polar surface area (TPSA) is 59.2 Å². The van der Waals surface area contributed by atoms with E-state index in [1.54, 1.807) is 0 Å². The van der Waals surface area contributed by atoms with E-state index < -0.39 is 0 Å². The minimum atomic E-state index is -0.181. The molecule has 0 radical (unpaired) electrons. The molecule has 15 heavy (non-hydrogen) atoms. The second-order valence-corrected chi connectivity index (χ2v) is 4.74. The van der Waals surface area contributed by atoms with Crippen LogP contribution >= 0.6 is 11.8 Å². The van der Waals surface area contributed by atoms with E-state index in [0.717, 1.165) is 18.1 Å². The third-order valence-electron chi connectivity index (χ3n) is 2.44. The number of carbonyl (C=O) groups is 1. The maximum absolute atomic E-state index is 11.0. The van der Waals surface area contributed by atoms with Crippen molar-refractivity contribution in [2.75, 3.05) is 25.1 Å². The average molecular weight is 227 g/mol. The van der Waals surface area contributed by atoms with E-state index in [9.17, 15) is 4.79 Å². The molecule has 1 aromatic rings. The van der Waals surface area contributed by atoms with E-state index in [0.29, 0.717) is 5.82 Å². The molecule has 0 saturated carbocycles. The first-order valence-corrected chi connectivity index (χ1v) is 5.96. The van der Waals surface area contributed by atoms with Gasteiger partial charge in [0.25, 0.3) is 5.89 Å². The molecular weight excluding hydrogens is 214 g/mol. The van der Waals surface area contributed by atoms with Gasteiger partial charge in [-0.05, 0) is 7.05 Å². The average Bonchev–Trinajstić information content (AvgIpc) is 2.67. The monoisotopic (exact) mass is 227 g/mol. The summed E-state index contributed by atoms with van der Waals surface area (Å²) in [6, 6.07) is 0.167. The van der Waals surface area contributed by atoms with Crippen LogP contribution in [-0.2, 0) is 0 Å². The van der Waals surface area contributed by atoms with Gasteiger partial charge in [-0.2, -0.15) is 16.7 Å². The van der Waals surface area contributed by atoms with E-state index in [4.69, 9.17) is 4.52 Å². The van der Waals surface area contributed by atoms with E-state index in [2.05, 4.69) is 15.0 Å². The van der Waals surface area contributed by atoms with Gasteiger partial charge < -0.3 is 4.52 Å². The number of hydrogen-bond acceptors (Lipinski definition) is 6. The summed E-state index contributed by atoms with van der Waals surface area (Å²) < 4.78 is 4.88. The molecule has 2 heterocycles. The van der Waals surface area contributed by atoms with Gasteiger partial charge in [-0.25, -0.2) is 0 Å². The fourth-order valence-electron chi connectivity index (χ4n) is 1.47. The Labute approximate surface area is 92.2 Å². The van der Waals surface area contributed by atoms with Crippen molar-refractivity contribution in [3.05, 3.63) is 11.7 Å². The fourth-order valence-corrected chi connectivity index (χ4v) is 2.68. The van der Waals surface area contributed by atoms with Crippen LogP contribution < -0.4 is 0 Å². The van der Waals surface area contributed by atoms with Crippen LogP contribution in [0.4, 0.5) is 0 Å². The number of thioether (sulfide) groups is 1. The van der Waals surface area contributed by atoms with Crippen LogP contribution in [0.2, 0.25) is 0 Å². The molecule has 0 spiro atoms. The molecule has 1 saturated heterocycles.